The molecule has 2 N–H and O–H groups in total. The number of hydrogen-bond donors (Lipinski definition) is 2. The maximum Gasteiger partial charge on any atom is 0.190 e. The summed E-state index contributed by atoms with van der Waals surface area (Å²) >= 11 is 0. The number of carbonyl (C=O) groups excluding carboxylic acids is 5. The summed E-state index contributed by atoms with van der Waals surface area (Å²) in [7, 11) is 0. The van der Waals surface area contributed by atoms with Crippen molar-refractivity contribution in [3.8, 4) is 5.75 Å². The van der Waals surface area contributed by atoms with Crippen molar-refractivity contribution in [2.24, 2.45) is 40.4 Å². The van der Waals surface area contributed by atoms with E-state index >= 15 is 0 Å². The average Bonchev–Trinajstić information content (AvgIpc) is 2.84. The van der Waals surface area contributed by atoms with Crippen LogP contribution in [-0.4, -0.2) is 51.4 Å². The maximum absolute atomic E-state index is 14.4. The number of alkyl halides is 1. The Morgan fingerprint density at radius 3 is 2.20 bits per heavy atom. The number of aliphatic hydroxyl groups is 1. The van der Waals surface area contributed by atoms with Crippen molar-refractivity contribution >= 4 is 28.9 Å². The Labute approximate surface area is 241 Å². The minimum absolute atomic E-state index is 0.0185. The Balaban J connectivity index is 1.95. The van der Waals surface area contributed by atoms with E-state index < -0.39 is 75.7 Å². The minimum Gasteiger partial charge on any atom is -0.507 e. The zero-order valence-corrected chi connectivity index (χ0v) is 25.4. The van der Waals surface area contributed by atoms with E-state index in [-0.39, 0.29) is 36.0 Å². The van der Waals surface area contributed by atoms with Gasteiger partial charge in [0, 0.05) is 11.3 Å². The molecule has 1 aromatic rings. The molecule has 0 heterocycles. The highest BCUT2D eigenvalue weighted by Crippen LogP contribution is 2.64. The van der Waals surface area contributed by atoms with Crippen LogP contribution in [-0.2, 0) is 32.0 Å². The van der Waals surface area contributed by atoms with Crippen LogP contribution in [0.15, 0.2) is 6.07 Å². The van der Waals surface area contributed by atoms with Gasteiger partial charge in [-0.2, -0.15) is 0 Å². The fourth-order valence-corrected chi connectivity index (χ4v) is 8.47. The lowest BCUT2D eigenvalue weighted by atomic mass is 9.39. The fourth-order valence-electron chi connectivity index (χ4n) is 8.47. The van der Waals surface area contributed by atoms with Crippen molar-refractivity contribution in [1.29, 1.82) is 0 Å². The standard InChI is InChI=1S/C33H43FO7/c1-15(2)20-11-19(10-9-17(5)13-34)26(36)23-21(20)12-31(7)14-32(8)24(16(3)4)27(37)22(18(6)35)29(39)33(32,41)30(40)25(31)28(23)38/h11,15-17,22,24-25,36,41H,9-10,12-14H2,1-8H3/t17?,22?,24?,25?,31-,32-,33+/m1/s1. The molecule has 4 unspecified atom stereocenters. The lowest BCUT2D eigenvalue weighted by Gasteiger charge is -2.62. The number of ketones is 5. The first-order valence-corrected chi connectivity index (χ1v) is 14.7. The van der Waals surface area contributed by atoms with E-state index in [1.807, 2.05) is 19.9 Å². The Morgan fingerprint density at radius 1 is 1.07 bits per heavy atom. The van der Waals surface area contributed by atoms with Gasteiger partial charge in [0.05, 0.1) is 18.2 Å². The third-order valence-electron chi connectivity index (χ3n) is 10.3. The van der Waals surface area contributed by atoms with E-state index in [9.17, 15) is 38.6 Å². The van der Waals surface area contributed by atoms with Gasteiger partial charge in [-0.05, 0) is 72.5 Å². The number of carbonyl (C=O) groups is 5. The quantitative estimate of drug-likeness (QED) is 0.453. The molecule has 2 saturated carbocycles. The SMILES string of the molecule is CC(=O)C1C(=O)C(C(C)C)[C@@]2(C)C[C@@]3(C)Cc4c(C(C)C)cc(CCC(C)CF)c(O)c4C(=O)C3C(=O)[C@@]2(O)C1=O. The molecule has 0 amide bonds. The molecule has 7 nitrogen and oxygen atoms in total. The van der Waals surface area contributed by atoms with Crippen LogP contribution in [0.2, 0.25) is 0 Å². The number of hydrogen-bond acceptors (Lipinski definition) is 7. The Bertz CT molecular complexity index is 1350. The third kappa shape index (κ3) is 4.26. The molecule has 7 atom stereocenters. The van der Waals surface area contributed by atoms with Gasteiger partial charge in [0.2, 0.25) is 0 Å². The lowest BCUT2D eigenvalue weighted by Crippen LogP contribution is -2.76. The molecule has 1 aromatic carbocycles. The summed E-state index contributed by atoms with van der Waals surface area (Å²) in [6, 6.07) is 1.87. The van der Waals surface area contributed by atoms with Gasteiger partial charge >= 0.3 is 0 Å². The molecular formula is C33H43FO7. The Kier molecular flexibility index (Phi) is 7.77. The number of aryl methyl sites for hydroxylation is 1. The van der Waals surface area contributed by atoms with Crippen molar-refractivity contribution in [1.82, 2.24) is 0 Å². The van der Waals surface area contributed by atoms with Crippen LogP contribution in [0.1, 0.15) is 101 Å². The van der Waals surface area contributed by atoms with E-state index in [0.717, 1.165) is 12.5 Å². The normalized spacial score (nSPS) is 34.0. The van der Waals surface area contributed by atoms with Gasteiger partial charge in [-0.1, -0.05) is 54.5 Å². The van der Waals surface area contributed by atoms with Crippen LogP contribution < -0.4 is 0 Å². The molecule has 41 heavy (non-hydrogen) atoms. The number of halogens is 1. The van der Waals surface area contributed by atoms with Crippen LogP contribution in [0.25, 0.3) is 0 Å². The first kappa shape index (κ1) is 31.2. The highest BCUT2D eigenvalue weighted by Gasteiger charge is 2.76. The van der Waals surface area contributed by atoms with Crippen molar-refractivity contribution in [3.63, 3.8) is 0 Å². The highest BCUT2D eigenvalue weighted by molar-refractivity contribution is 6.32. The fraction of sp³-hybridized carbons (Fsp3) is 0.667. The molecule has 3 aliphatic carbocycles. The van der Waals surface area contributed by atoms with Crippen molar-refractivity contribution in [3.05, 3.63) is 28.3 Å². The lowest BCUT2D eigenvalue weighted by molar-refractivity contribution is -0.205. The molecule has 224 valence electrons. The number of rotatable bonds is 7. The molecule has 3 aliphatic rings. The topological polar surface area (TPSA) is 126 Å². The molecule has 0 bridgehead atoms. The van der Waals surface area contributed by atoms with Crippen molar-refractivity contribution in [2.45, 2.75) is 92.6 Å². The molecule has 0 radical (unpaired) electrons. The first-order chi connectivity index (χ1) is 18.9. The van der Waals surface area contributed by atoms with Gasteiger partial charge in [-0.15, -0.1) is 0 Å². The average molecular weight is 571 g/mol. The van der Waals surface area contributed by atoms with Gasteiger partial charge in [0.1, 0.15) is 17.5 Å². The molecule has 4 rings (SSSR count). The zero-order chi connectivity index (χ0) is 31.0. The van der Waals surface area contributed by atoms with E-state index in [4.69, 9.17) is 0 Å². The van der Waals surface area contributed by atoms with Gasteiger partial charge in [-0.3, -0.25) is 28.4 Å². The molecule has 0 spiro atoms. The number of fused-ring (bicyclic) bond motifs is 3. The number of Topliss-reactive ketones (excluding diaryl/α,β-unsaturated/α-hetero) is 5. The van der Waals surface area contributed by atoms with Gasteiger partial charge in [0.15, 0.2) is 28.7 Å². The number of aromatic hydroxyl groups is 1. The van der Waals surface area contributed by atoms with Gasteiger partial charge in [0.25, 0.3) is 0 Å². The van der Waals surface area contributed by atoms with Crippen molar-refractivity contribution < 1.29 is 38.6 Å². The number of phenols is 1. The largest absolute Gasteiger partial charge is 0.507 e. The maximum atomic E-state index is 14.4. The molecule has 0 saturated heterocycles. The Morgan fingerprint density at radius 2 is 1.68 bits per heavy atom. The summed E-state index contributed by atoms with van der Waals surface area (Å²) in [6.07, 6.45) is 1.04. The summed E-state index contributed by atoms with van der Waals surface area (Å²) < 4.78 is 13.2. The predicted octanol–water partition coefficient (Wildman–Crippen LogP) is 4.75. The Hall–Kier alpha value is -2.74. The van der Waals surface area contributed by atoms with E-state index in [1.165, 1.54) is 0 Å². The molecule has 0 aliphatic heterocycles. The molecule has 0 aromatic heterocycles. The number of benzene rings is 1. The minimum atomic E-state index is -2.71. The summed E-state index contributed by atoms with van der Waals surface area (Å²) in [6.45, 7) is 13.2. The second-order valence-corrected chi connectivity index (χ2v) is 14.1. The summed E-state index contributed by atoms with van der Waals surface area (Å²) in [4.78, 5) is 68.7. The predicted molar refractivity (Wildman–Crippen MR) is 150 cm³/mol. The van der Waals surface area contributed by atoms with E-state index in [0.29, 0.717) is 24.0 Å². The van der Waals surface area contributed by atoms with Crippen LogP contribution in [0.4, 0.5) is 4.39 Å². The zero-order valence-electron chi connectivity index (χ0n) is 25.4. The summed E-state index contributed by atoms with van der Waals surface area (Å²) in [5.74, 6) is -9.23. The van der Waals surface area contributed by atoms with Crippen molar-refractivity contribution in [2.75, 3.05) is 6.67 Å². The molecule has 8 heteroatoms. The van der Waals surface area contributed by atoms with Crippen LogP contribution in [0.5, 0.6) is 5.75 Å². The second-order valence-electron chi connectivity index (χ2n) is 14.1. The summed E-state index contributed by atoms with van der Waals surface area (Å²) in [5, 5.41) is 23.5. The molecular weight excluding hydrogens is 527 g/mol. The highest BCUT2D eigenvalue weighted by atomic mass is 19.1. The first-order valence-electron chi connectivity index (χ1n) is 14.7. The summed E-state index contributed by atoms with van der Waals surface area (Å²) in [5.41, 5.74) is -3.32. The molecule has 2 fully saturated rings. The second kappa shape index (κ2) is 10.2. The smallest absolute Gasteiger partial charge is 0.190 e. The van der Waals surface area contributed by atoms with Gasteiger partial charge in [-0.25, -0.2) is 0 Å². The van der Waals surface area contributed by atoms with Gasteiger partial charge < -0.3 is 10.2 Å². The van der Waals surface area contributed by atoms with E-state index in [1.54, 1.807) is 34.6 Å². The van der Waals surface area contributed by atoms with Crippen LogP contribution in [0, 0.1) is 40.4 Å². The third-order valence-corrected chi connectivity index (χ3v) is 10.3. The number of phenolic OH excluding ortho intramolecular Hbond substituents is 1. The van der Waals surface area contributed by atoms with Crippen LogP contribution in [0.3, 0.4) is 0 Å². The van der Waals surface area contributed by atoms with Crippen LogP contribution >= 0.6 is 0 Å². The monoisotopic (exact) mass is 570 g/mol. The van der Waals surface area contributed by atoms with E-state index in [2.05, 4.69) is 0 Å².